The van der Waals surface area contributed by atoms with Gasteiger partial charge >= 0.3 is 0 Å². The zero-order valence-electron chi connectivity index (χ0n) is 12.3. The molecule has 1 aliphatic carbocycles. The Bertz CT molecular complexity index is 346. The maximum atomic E-state index is 6.09. The fourth-order valence-corrected chi connectivity index (χ4v) is 3.30. The van der Waals surface area contributed by atoms with Gasteiger partial charge in [0, 0.05) is 12.6 Å². The van der Waals surface area contributed by atoms with Crippen LogP contribution in [-0.4, -0.2) is 19.2 Å². The lowest BCUT2D eigenvalue weighted by atomic mass is 9.89. The van der Waals surface area contributed by atoms with Gasteiger partial charge in [-0.05, 0) is 37.8 Å². The minimum absolute atomic E-state index is 0.189. The summed E-state index contributed by atoms with van der Waals surface area (Å²) in [7, 11) is 0. The van der Waals surface area contributed by atoms with Crippen molar-refractivity contribution in [1.82, 2.24) is 5.32 Å². The molecule has 1 saturated carbocycles. The SMILES string of the molecule is CCNC(C1CCCC1)C(OCC)c1ccccc1. The largest absolute Gasteiger partial charge is 0.372 e. The van der Waals surface area contributed by atoms with E-state index in [0.717, 1.165) is 19.1 Å². The van der Waals surface area contributed by atoms with E-state index in [1.54, 1.807) is 0 Å². The van der Waals surface area contributed by atoms with E-state index in [4.69, 9.17) is 4.74 Å². The van der Waals surface area contributed by atoms with Crippen molar-refractivity contribution >= 4 is 0 Å². The molecule has 1 N–H and O–H groups in total. The fraction of sp³-hybridized carbons (Fsp3) is 0.647. The van der Waals surface area contributed by atoms with Gasteiger partial charge in [-0.1, -0.05) is 50.1 Å². The molecule has 19 heavy (non-hydrogen) atoms. The Kier molecular flexibility index (Phi) is 5.87. The molecule has 0 spiro atoms. The van der Waals surface area contributed by atoms with Crippen molar-refractivity contribution in [3.8, 4) is 0 Å². The zero-order valence-corrected chi connectivity index (χ0v) is 12.3. The summed E-state index contributed by atoms with van der Waals surface area (Å²) in [4.78, 5) is 0. The predicted octanol–water partition coefficient (Wildman–Crippen LogP) is 3.93. The van der Waals surface area contributed by atoms with Gasteiger partial charge in [0.1, 0.15) is 0 Å². The minimum atomic E-state index is 0.189. The first-order valence-electron chi connectivity index (χ1n) is 7.76. The Morgan fingerprint density at radius 3 is 2.42 bits per heavy atom. The van der Waals surface area contributed by atoms with Gasteiger partial charge in [0.15, 0.2) is 0 Å². The molecule has 2 rings (SSSR count). The molecule has 0 aliphatic heterocycles. The number of ether oxygens (including phenoxy) is 1. The molecule has 1 aromatic rings. The van der Waals surface area contributed by atoms with Crippen LogP contribution in [0.2, 0.25) is 0 Å². The van der Waals surface area contributed by atoms with E-state index in [9.17, 15) is 0 Å². The molecule has 0 amide bonds. The molecule has 2 atom stereocenters. The summed E-state index contributed by atoms with van der Waals surface area (Å²) in [6.07, 6.45) is 5.62. The molecule has 2 nitrogen and oxygen atoms in total. The van der Waals surface area contributed by atoms with Crippen LogP contribution in [0.4, 0.5) is 0 Å². The average molecular weight is 261 g/mol. The molecular weight excluding hydrogens is 234 g/mol. The van der Waals surface area contributed by atoms with Gasteiger partial charge in [0.25, 0.3) is 0 Å². The summed E-state index contributed by atoms with van der Waals surface area (Å²) in [5, 5.41) is 3.68. The van der Waals surface area contributed by atoms with Crippen LogP contribution >= 0.6 is 0 Å². The highest BCUT2D eigenvalue weighted by molar-refractivity contribution is 5.19. The summed E-state index contributed by atoms with van der Waals surface area (Å²) in [5.74, 6) is 0.761. The van der Waals surface area contributed by atoms with Crippen LogP contribution < -0.4 is 5.32 Å². The maximum absolute atomic E-state index is 6.09. The Balaban J connectivity index is 2.18. The van der Waals surface area contributed by atoms with E-state index < -0.39 is 0 Å². The van der Waals surface area contributed by atoms with Crippen molar-refractivity contribution in [1.29, 1.82) is 0 Å². The summed E-state index contributed by atoms with van der Waals surface area (Å²) in [5.41, 5.74) is 1.31. The van der Waals surface area contributed by atoms with Gasteiger partial charge in [-0.25, -0.2) is 0 Å². The number of rotatable bonds is 7. The average Bonchev–Trinajstić information content (AvgIpc) is 2.97. The second-order valence-corrected chi connectivity index (χ2v) is 5.41. The molecule has 2 heteroatoms. The summed E-state index contributed by atoms with van der Waals surface area (Å²) >= 11 is 0. The quantitative estimate of drug-likeness (QED) is 0.803. The lowest BCUT2D eigenvalue weighted by Gasteiger charge is -2.32. The highest BCUT2D eigenvalue weighted by atomic mass is 16.5. The van der Waals surface area contributed by atoms with E-state index in [2.05, 4.69) is 49.5 Å². The monoisotopic (exact) mass is 261 g/mol. The lowest BCUT2D eigenvalue weighted by molar-refractivity contribution is 0.0170. The number of hydrogen-bond donors (Lipinski definition) is 1. The molecule has 1 aliphatic rings. The number of hydrogen-bond acceptors (Lipinski definition) is 2. The minimum Gasteiger partial charge on any atom is -0.372 e. The Morgan fingerprint density at radius 2 is 1.84 bits per heavy atom. The molecule has 106 valence electrons. The number of likely N-dealkylation sites (N-methyl/N-ethyl adjacent to an activating group) is 1. The molecule has 0 bridgehead atoms. The van der Waals surface area contributed by atoms with Crippen LogP contribution in [-0.2, 0) is 4.74 Å². The van der Waals surface area contributed by atoms with Crippen LogP contribution in [0.5, 0.6) is 0 Å². The van der Waals surface area contributed by atoms with Crippen molar-refractivity contribution in [2.75, 3.05) is 13.2 Å². The molecule has 0 radical (unpaired) electrons. The second-order valence-electron chi connectivity index (χ2n) is 5.41. The van der Waals surface area contributed by atoms with Gasteiger partial charge in [-0.15, -0.1) is 0 Å². The third kappa shape index (κ3) is 3.80. The summed E-state index contributed by atoms with van der Waals surface area (Å²) in [6, 6.07) is 11.1. The maximum Gasteiger partial charge on any atom is 0.0980 e. The van der Waals surface area contributed by atoms with E-state index in [-0.39, 0.29) is 6.10 Å². The topological polar surface area (TPSA) is 21.3 Å². The standard InChI is InChI=1S/C17H27NO/c1-3-18-16(14-10-8-9-11-14)17(19-4-2)15-12-6-5-7-13-15/h5-7,12-14,16-18H,3-4,8-11H2,1-2H3. The van der Waals surface area contributed by atoms with Crippen molar-refractivity contribution in [2.45, 2.75) is 51.7 Å². The third-order valence-electron chi connectivity index (χ3n) is 4.15. The molecule has 0 aromatic heterocycles. The van der Waals surface area contributed by atoms with E-state index >= 15 is 0 Å². The first kappa shape index (κ1) is 14.5. The third-order valence-corrected chi connectivity index (χ3v) is 4.15. The van der Waals surface area contributed by atoms with E-state index in [0.29, 0.717) is 6.04 Å². The molecule has 1 fully saturated rings. The Hall–Kier alpha value is -0.860. The van der Waals surface area contributed by atoms with Crippen molar-refractivity contribution < 1.29 is 4.74 Å². The van der Waals surface area contributed by atoms with Gasteiger partial charge in [0.05, 0.1) is 6.10 Å². The molecule has 0 heterocycles. The van der Waals surface area contributed by atoms with Crippen molar-refractivity contribution in [3.05, 3.63) is 35.9 Å². The highest BCUT2D eigenvalue weighted by Gasteiger charge is 2.32. The zero-order chi connectivity index (χ0) is 13.5. The van der Waals surface area contributed by atoms with Crippen molar-refractivity contribution in [2.24, 2.45) is 5.92 Å². The number of benzene rings is 1. The Morgan fingerprint density at radius 1 is 1.16 bits per heavy atom. The van der Waals surface area contributed by atoms with Gasteiger partial charge in [0.2, 0.25) is 0 Å². The fourth-order valence-electron chi connectivity index (χ4n) is 3.30. The molecule has 0 saturated heterocycles. The summed E-state index contributed by atoms with van der Waals surface area (Å²) < 4.78 is 6.09. The number of nitrogens with one attached hydrogen (secondary N) is 1. The van der Waals surface area contributed by atoms with Crippen LogP contribution in [0.3, 0.4) is 0 Å². The first-order valence-corrected chi connectivity index (χ1v) is 7.76. The van der Waals surface area contributed by atoms with E-state index in [1.807, 2.05) is 0 Å². The molecule has 2 unspecified atom stereocenters. The van der Waals surface area contributed by atoms with Crippen molar-refractivity contribution in [3.63, 3.8) is 0 Å². The first-order chi connectivity index (χ1) is 9.36. The van der Waals surface area contributed by atoms with Crippen LogP contribution in [0.25, 0.3) is 0 Å². The molecular formula is C17H27NO. The predicted molar refractivity (Wildman–Crippen MR) is 80.2 cm³/mol. The Labute approximate surface area is 117 Å². The van der Waals surface area contributed by atoms with Crippen LogP contribution in [0, 0.1) is 5.92 Å². The van der Waals surface area contributed by atoms with E-state index in [1.165, 1.54) is 31.2 Å². The summed E-state index contributed by atoms with van der Waals surface area (Å²) in [6.45, 7) is 6.06. The molecule has 1 aromatic carbocycles. The van der Waals surface area contributed by atoms with Crippen LogP contribution in [0.15, 0.2) is 30.3 Å². The van der Waals surface area contributed by atoms with Gasteiger partial charge in [-0.2, -0.15) is 0 Å². The lowest BCUT2D eigenvalue weighted by Crippen LogP contribution is -2.41. The van der Waals surface area contributed by atoms with Crippen LogP contribution in [0.1, 0.15) is 51.2 Å². The smallest absolute Gasteiger partial charge is 0.0980 e. The normalized spacial score (nSPS) is 19.5. The highest BCUT2D eigenvalue weighted by Crippen LogP contribution is 2.35. The second kappa shape index (κ2) is 7.66. The van der Waals surface area contributed by atoms with Gasteiger partial charge < -0.3 is 10.1 Å². The van der Waals surface area contributed by atoms with Gasteiger partial charge in [-0.3, -0.25) is 0 Å².